The van der Waals surface area contributed by atoms with Crippen LogP contribution in [0.25, 0.3) is 0 Å². The minimum atomic E-state index is -0.457. The standard InChI is InChI=1S/C16H18ClN3O3/c1-23-15(22)11-2-3-12(20-14(21)9-17)13(8-11)19-10-16(4-5-16)6-7-18/h2-3,8,19H,4-6,9-10H2,1H3,(H,20,21). The molecule has 2 rings (SSSR count). The maximum atomic E-state index is 11.7. The number of nitrogens with zero attached hydrogens (tertiary/aromatic N) is 1. The molecule has 0 spiro atoms. The second kappa shape index (κ2) is 7.34. The highest BCUT2D eigenvalue weighted by atomic mass is 35.5. The summed E-state index contributed by atoms with van der Waals surface area (Å²) < 4.78 is 4.71. The maximum absolute atomic E-state index is 11.7. The number of hydrogen-bond acceptors (Lipinski definition) is 5. The van der Waals surface area contributed by atoms with E-state index in [1.807, 2.05) is 0 Å². The average molecular weight is 336 g/mol. The summed E-state index contributed by atoms with van der Waals surface area (Å²) in [6, 6.07) is 7.02. The van der Waals surface area contributed by atoms with Crippen molar-refractivity contribution in [3.05, 3.63) is 23.8 Å². The number of nitriles is 1. The highest BCUT2D eigenvalue weighted by Gasteiger charge is 2.42. The highest BCUT2D eigenvalue weighted by molar-refractivity contribution is 6.29. The Bertz CT molecular complexity index is 650. The van der Waals surface area contributed by atoms with Gasteiger partial charge in [0.15, 0.2) is 0 Å². The number of anilines is 2. The molecule has 0 aliphatic heterocycles. The highest BCUT2D eigenvalue weighted by Crippen LogP contribution is 2.48. The van der Waals surface area contributed by atoms with Crippen LogP contribution < -0.4 is 10.6 Å². The molecule has 0 unspecified atom stereocenters. The molecule has 2 N–H and O–H groups in total. The number of alkyl halides is 1. The van der Waals surface area contributed by atoms with Gasteiger partial charge in [0.05, 0.1) is 30.1 Å². The SMILES string of the molecule is COC(=O)c1ccc(NC(=O)CCl)c(NCC2(CC#N)CC2)c1. The Kier molecular flexibility index (Phi) is 5.45. The molecule has 7 heteroatoms. The van der Waals surface area contributed by atoms with Crippen LogP contribution in [0.3, 0.4) is 0 Å². The molecule has 23 heavy (non-hydrogen) atoms. The summed E-state index contributed by atoms with van der Waals surface area (Å²) >= 11 is 5.52. The van der Waals surface area contributed by atoms with E-state index in [2.05, 4.69) is 16.7 Å². The normalized spacial score (nSPS) is 14.5. The molecule has 1 aromatic carbocycles. The summed E-state index contributed by atoms with van der Waals surface area (Å²) in [6.45, 7) is 0.606. The lowest BCUT2D eigenvalue weighted by molar-refractivity contribution is -0.113. The molecule has 1 saturated carbocycles. The van der Waals surface area contributed by atoms with Gasteiger partial charge < -0.3 is 15.4 Å². The topological polar surface area (TPSA) is 91.2 Å². The van der Waals surface area contributed by atoms with E-state index in [1.165, 1.54) is 7.11 Å². The van der Waals surface area contributed by atoms with E-state index in [4.69, 9.17) is 21.6 Å². The lowest BCUT2D eigenvalue weighted by Gasteiger charge is -2.17. The molecular weight excluding hydrogens is 318 g/mol. The van der Waals surface area contributed by atoms with Gasteiger partial charge in [0.2, 0.25) is 5.91 Å². The number of hydrogen-bond donors (Lipinski definition) is 2. The van der Waals surface area contributed by atoms with Crippen LogP contribution in [0.5, 0.6) is 0 Å². The van der Waals surface area contributed by atoms with Gasteiger partial charge in [-0.15, -0.1) is 11.6 Å². The number of esters is 1. The molecule has 1 aliphatic carbocycles. The fraction of sp³-hybridized carbons (Fsp3) is 0.438. The predicted molar refractivity (Wildman–Crippen MR) is 87.5 cm³/mol. The molecular formula is C16H18ClN3O3. The fourth-order valence-electron chi connectivity index (χ4n) is 2.27. The third-order valence-electron chi connectivity index (χ3n) is 3.90. The first-order chi connectivity index (χ1) is 11.0. The van der Waals surface area contributed by atoms with Gasteiger partial charge in [-0.25, -0.2) is 4.79 Å². The second-order valence-corrected chi connectivity index (χ2v) is 5.89. The van der Waals surface area contributed by atoms with Crippen LogP contribution in [0.1, 0.15) is 29.6 Å². The van der Waals surface area contributed by atoms with Crippen LogP contribution in [0.2, 0.25) is 0 Å². The van der Waals surface area contributed by atoms with Crippen molar-refractivity contribution in [1.82, 2.24) is 0 Å². The minimum absolute atomic E-state index is 0.0101. The third-order valence-corrected chi connectivity index (χ3v) is 4.14. The van der Waals surface area contributed by atoms with Gasteiger partial charge in [0, 0.05) is 18.4 Å². The lowest BCUT2D eigenvalue weighted by Crippen LogP contribution is -2.18. The predicted octanol–water partition coefficient (Wildman–Crippen LogP) is 2.76. The Morgan fingerprint density at radius 3 is 2.70 bits per heavy atom. The number of nitrogens with one attached hydrogen (secondary N) is 2. The zero-order valence-electron chi connectivity index (χ0n) is 12.8. The Morgan fingerprint density at radius 2 is 2.13 bits per heavy atom. The molecule has 1 aromatic rings. The van der Waals surface area contributed by atoms with Crippen LogP contribution in [0.4, 0.5) is 11.4 Å². The molecule has 0 bridgehead atoms. The fourth-order valence-corrected chi connectivity index (χ4v) is 2.34. The van der Waals surface area contributed by atoms with Gasteiger partial charge in [-0.3, -0.25) is 4.79 Å². The van der Waals surface area contributed by atoms with Crippen LogP contribution in [0.15, 0.2) is 18.2 Å². The van der Waals surface area contributed by atoms with E-state index in [9.17, 15) is 9.59 Å². The number of methoxy groups -OCH3 is 1. The summed E-state index contributed by atoms with van der Waals surface area (Å²) in [5, 5.41) is 14.8. The van der Waals surface area contributed by atoms with Gasteiger partial charge >= 0.3 is 5.97 Å². The van der Waals surface area contributed by atoms with Crippen LogP contribution in [0, 0.1) is 16.7 Å². The van der Waals surface area contributed by atoms with Crippen molar-refractivity contribution in [2.75, 3.05) is 30.2 Å². The zero-order valence-corrected chi connectivity index (χ0v) is 13.6. The molecule has 1 aliphatic rings. The van der Waals surface area contributed by atoms with Crippen molar-refractivity contribution in [1.29, 1.82) is 5.26 Å². The van der Waals surface area contributed by atoms with Crippen LogP contribution >= 0.6 is 11.6 Å². The molecule has 6 nitrogen and oxygen atoms in total. The van der Waals surface area contributed by atoms with Gasteiger partial charge in [-0.1, -0.05) is 0 Å². The first-order valence-corrected chi connectivity index (χ1v) is 7.76. The number of rotatable bonds is 7. The van der Waals surface area contributed by atoms with E-state index in [-0.39, 0.29) is 17.2 Å². The Hall–Kier alpha value is -2.26. The van der Waals surface area contributed by atoms with E-state index < -0.39 is 5.97 Å². The summed E-state index contributed by atoms with van der Waals surface area (Å²) in [4.78, 5) is 23.2. The number of carbonyl (C=O) groups excluding carboxylic acids is 2. The third kappa shape index (κ3) is 4.36. The number of ether oxygens (including phenoxy) is 1. The molecule has 1 amide bonds. The summed E-state index contributed by atoms with van der Waals surface area (Å²) in [6.07, 6.45) is 2.47. The van der Waals surface area contributed by atoms with Gasteiger partial charge in [0.25, 0.3) is 0 Å². The van der Waals surface area contributed by atoms with Crippen molar-refractivity contribution < 1.29 is 14.3 Å². The smallest absolute Gasteiger partial charge is 0.337 e. The monoisotopic (exact) mass is 335 g/mol. The molecule has 122 valence electrons. The molecule has 0 aromatic heterocycles. The maximum Gasteiger partial charge on any atom is 0.337 e. The van der Waals surface area contributed by atoms with Crippen LogP contribution in [-0.4, -0.2) is 31.4 Å². The largest absolute Gasteiger partial charge is 0.465 e. The van der Waals surface area contributed by atoms with E-state index in [1.54, 1.807) is 18.2 Å². The summed E-state index contributed by atoms with van der Waals surface area (Å²) in [5.41, 5.74) is 1.51. The summed E-state index contributed by atoms with van der Waals surface area (Å²) in [5.74, 6) is -0.948. The molecule has 0 atom stereocenters. The van der Waals surface area contributed by atoms with Crippen molar-refractivity contribution in [3.8, 4) is 6.07 Å². The number of benzene rings is 1. The number of halogens is 1. The first-order valence-electron chi connectivity index (χ1n) is 7.22. The van der Waals surface area contributed by atoms with Crippen molar-refractivity contribution in [3.63, 3.8) is 0 Å². The van der Waals surface area contributed by atoms with Crippen molar-refractivity contribution in [2.24, 2.45) is 5.41 Å². The molecule has 0 saturated heterocycles. The van der Waals surface area contributed by atoms with E-state index >= 15 is 0 Å². The molecule has 0 radical (unpaired) electrons. The Labute approximate surface area is 139 Å². The van der Waals surface area contributed by atoms with Crippen LogP contribution in [-0.2, 0) is 9.53 Å². The first kappa shape index (κ1) is 17.1. The van der Waals surface area contributed by atoms with Gasteiger partial charge in [-0.2, -0.15) is 5.26 Å². The average Bonchev–Trinajstić information content (AvgIpc) is 3.33. The van der Waals surface area contributed by atoms with Crippen molar-refractivity contribution >= 4 is 34.9 Å². The minimum Gasteiger partial charge on any atom is -0.465 e. The van der Waals surface area contributed by atoms with E-state index in [0.29, 0.717) is 29.9 Å². The number of amides is 1. The quantitative estimate of drug-likeness (QED) is 0.590. The molecule has 0 heterocycles. The van der Waals surface area contributed by atoms with Crippen molar-refractivity contribution in [2.45, 2.75) is 19.3 Å². The van der Waals surface area contributed by atoms with E-state index in [0.717, 1.165) is 12.8 Å². The zero-order chi connectivity index (χ0) is 16.9. The lowest BCUT2D eigenvalue weighted by atomic mass is 10.0. The Morgan fingerprint density at radius 1 is 1.39 bits per heavy atom. The Balaban J connectivity index is 2.19. The molecule has 1 fully saturated rings. The van der Waals surface area contributed by atoms with Gasteiger partial charge in [-0.05, 0) is 31.0 Å². The summed E-state index contributed by atoms with van der Waals surface area (Å²) in [7, 11) is 1.31. The van der Waals surface area contributed by atoms with Gasteiger partial charge in [0.1, 0.15) is 5.88 Å². The number of carbonyl (C=O) groups is 2. The second-order valence-electron chi connectivity index (χ2n) is 5.62.